The maximum Gasteiger partial charge on any atom is 0.222 e. The molecule has 12 heteroatoms. The summed E-state index contributed by atoms with van der Waals surface area (Å²) in [5.74, 6) is 0.604. The maximum atomic E-state index is 6.37. The van der Waals surface area contributed by atoms with E-state index in [-0.39, 0.29) is 18.0 Å². The predicted octanol–water partition coefficient (Wildman–Crippen LogP) is 9.12. The van der Waals surface area contributed by atoms with E-state index in [9.17, 15) is 0 Å². The Kier molecular flexibility index (Phi) is 9.93. The van der Waals surface area contributed by atoms with Crippen molar-refractivity contribution < 1.29 is 0 Å². The first-order valence-corrected chi connectivity index (χ1v) is 16.1. The van der Waals surface area contributed by atoms with Gasteiger partial charge in [0, 0.05) is 34.8 Å². The topological polar surface area (TPSA) is 141 Å². The zero-order chi connectivity index (χ0) is 33.8. The lowest BCUT2D eigenvalue weighted by Crippen LogP contribution is -2.12. The van der Waals surface area contributed by atoms with E-state index in [0.29, 0.717) is 20.9 Å². The lowest BCUT2D eigenvalue weighted by Gasteiger charge is -2.19. The number of nitrogen functional groups attached to an aromatic ring is 1. The number of anilines is 2. The number of fused-ring (bicyclic) bond motifs is 2. The van der Waals surface area contributed by atoms with Crippen molar-refractivity contribution in [2.45, 2.75) is 25.9 Å². The van der Waals surface area contributed by atoms with Gasteiger partial charge < -0.3 is 16.8 Å². The number of hydrogen-bond donors (Lipinski definition) is 3. The Hall–Kier alpha value is -4.93. The Morgan fingerprint density at radius 2 is 1.17 bits per heavy atom. The fourth-order valence-electron chi connectivity index (χ4n) is 5.22. The van der Waals surface area contributed by atoms with Gasteiger partial charge in [0.2, 0.25) is 5.95 Å². The minimum atomic E-state index is -0.181. The number of rotatable bonds is 6. The molecule has 0 unspecified atom stereocenters. The summed E-state index contributed by atoms with van der Waals surface area (Å²) in [5, 5.41) is 6.83. The van der Waals surface area contributed by atoms with Crippen LogP contribution in [0.2, 0.25) is 15.1 Å². The summed E-state index contributed by atoms with van der Waals surface area (Å²) in [6.07, 6.45) is 4.95. The second-order valence-corrected chi connectivity index (χ2v) is 12.2. The highest BCUT2D eigenvalue weighted by Crippen LogP contribution is 2.34. The molecule has 0 aliphatic heterocycles. The number of nitrogens with two attached hydrogens (primary N) is 2. The summed E-state index contributed by atoms with van der Waals surface area (Å²) in [4.78, 5) is 26.4. The van der Waals surface area contributed by atoms with E-state index in [4.69, 9.17) is 56.2 Å². The molecule has 5 heterocycles. The van der Waals surface area contributed by atoms with Crippen LogP contribution in [0.5, 0.6) is 0 Å². The van der Waals surface area contributed by atoms with Crippen molar-refractivity contribution in [3.63, 3.8) is 0 Å². The van der Waals surface area contributed by atoms with Gasteiger partial charge in [-0.2, -0.15) is 4.98 Å². The summed E-state index contributed by atoms with van der Waals surface area (Å²) in [5.41, 5.74) is 18.3. The first-order chi connectivity index (χ1) is 23.2. The van der Waals surface area contributed by atoms with E-state index >= 15 is 0 Å². The monoisotopic (exact) mass is 693 g/mol. The highest BCUT2D eigenvalue weighted by Gasteiger charge is 2.19. The minimum Gasteiger partial charge on any atom is -0.368 e. The van der Waals surface area contributed by atoms with Crippen LogP contribution in [0.15, 0.2) is 104 Å². The molecule has 240 valence electrons. The van der Waals surface area contributed by atoms with Gasteiger partial charge in [0.15, 0.2) is 5.82 Å². The third kappa shape index (κ3) is 7.14. The summed E-state index contributed by atoms with van der Waals surface area (Å²) in [6, 6.07) is 26.7. The zero-order valence-corrected chi connectivity index (χ0v) is 28.2. The standard InChI is InChI=1S/C20H16Cl2N6.C16H14ClN3/c1-11(26-19-15(22)10-25-20(23)28-19)13-9-12-5-4-6-14(21)17(12)27-18(13)16-7-2-3-8-24-16;1-10(18)12-9-11-5-4-6-13(17)15(11)20-16(12)14-7-2-3-8-19-14/h2-11H,1H3,(H3,23,25,26,28);2-10H,18H2,1H3/t11-;10-/m00/s1. The molecule has 2 atom stereocenters. The van der Waals surface area contributed by atoms with Gasteiger partial charge in [0.05, 0.1) is 56.1 Å². The van der Waals surface area contributed by atoms with E-state index < -0.39 is 0 Å². The van der Waals surface area contributed by atoms with Gasteiger partial charge in [-0.25, -0.2) is 15.0 Å². The van der Waals surface area contributed by atoms with E-state index in [1.807, 2.05) is 98.8 Å². The molecule has 0 radical (unpaired) electrons. The number of hydrogen-bond acceptors (Lipinski definition) is 9. The molecule has 0 bridgehead atoms. The molecule has 7 rings (SSSR count). The molecule has 2 aromatic carbocycles. The van der Waals surface area contributed by atoms with Crippen LogP contribution >= 0.6 is 34.8 Å². The van der Waals surface area contributed by atoms with Crippen LogP contribution in [-0.4, -0.2) is 29.9 Å². The highest BCUT2D eigenvalue weighted by atomic mass is 35.5. The molecule has 0 saturated carbocycles. The highest BCUT2D eigenvalue weighted by molar-refractivity contribution is 6.35. The number of aromatic nitrogens is 6. The number of benzene rings is 2. The van der Waals surface area contributed by atoms with Crippen LogP contribution in [0.1, 0.15) is 37.1 Å². The number of halogens is 3. The van der Waals surface area contributed by atoms with Crippen molar-refractivity contribution in [3.05, 3.63) is 130 Å². The average molecular weight is 695 g/mol. The molecule has 0 saturated heterocycles. The van der Waals surface area contributed by atoms with Crippen molar-refractivity contribution >= 4 is 68.4 Å². The van der Waals surface area contributed by atoms with Crippen LogP contribution in [0, 0.1) is 0 Å². The Morgan fingerprint density at radius 1 is 0.625 bits per heavy atom. The quantitative estimate of drug-likeness (QED) is 0.155. The fourth-order valence-corrected chi connectivity index (χ4v) is 5.81. The first-order valence-electron chi connectivity index (χ1n) is 15.0. The molecule has 0 aliphatic carbocycles. The van der Waals surface area contributed by atoms with Crippen molar-refractivity contribution in [2.75, 3.05) is 11.1 Å². The lowest BCUT2D eigenvalue weighted by atomic mass is 10.0. The fraction of sp³-hybridized carbons (Fsp3) is 0.111. The first kappa shape index (κ1) is 33.0. The Morgan fingerprint density at radius 3 is 1.69 bits per heavy atom. The minimum absolute atomic E-state index is 0.122. The summed E-state index contributed by atoms with van der Waals surface area (Å²) in [7, 11) is 0. The molecular formula is C36H30Cl3N9. The molecule has 0 amide bonds. The Bertz CT molecular complexity index is 2220. The summed E-state index contributed by atoms with van der Waals surface area (Å²) in [6.45, 7) is 3.94. The van der Waals surface area contributed by atoms with Gasteiger partial charge in [-0.1, -0.05) is 71.2 Å². The molecular weight excluding hydrogens is 665 g/mol. The van der Waals surface area contributed by atoms with E-state index in [0.717, 1.165) is 55.7 Å². The molecule has 9 nitrogen and oxygen atoms in total. The summed E-state index contributed by atoms with van der Waals surface area (Å²) >= 11 is 18.8. The zero-order valence-electron chi connectivity index (χ0n) is 25.9. The smallest absolute Gasteiger partial charge is 0.222 e. The van der Waals surface area contributed by atoms with Crippen molar-refractivity contribution in [3.8, 4) is 22.8 Å². The van der Waals surface area contributed by atoms with Crippen LogP contribution in [-0.2, 0) is 0 Å². The van der Waals surface area contributed by atoms with Gasteiger partial charge in [-0.3, -0.25) is 9.97 Å². The van der Waals surface area contributed by atoms with Gasteiger partial charge in [0.1, 0.15) is 5.02 Å². The molecule has 0 fully saturated rings. The second-order valence-electron chi connectivity index (χ2n) is 11.0. The van der Waals surface area contributed by atoms with Crippen LogP contribution in [0.4, 0.5) is 11.8 Å². The van der Waals surface area contributed by atoms with Crippen molar-refractivity contribution in [1.29, 1.82) is 0 Å². The second kappa shape index (κ2) is 14.5. The van der Waals surface area contributed by atoms with E-state index in [1.54, 1.807) is 12.4 Å². The molecule has 7 aromatic rings. The number of pyridine rings is 4. The predicted molar refractivity (Wildman–Crippen MR) is 196 cm³/mol. The van der Waals surface area contributed by atoms with Crippen LogP contribution in [0.25, 0.3) is 44.6 Å². The van der Waals surface area contributed by atoms with Gasteiger partial charge in [-0.05, 0) is 67.9 Å². The lowest BCUT2D eigenvalue weighted by molar-refractivity contribution is 0.816. The summed E-state index contributed by atoms with van der Waals surface area (Å²) < 4.78 is 0. The van der Waals surface area contributed by atoms with Gasteiger partial charge in [0.25, 0.3) is 0 Å². The number of nitrogens with one attached hydrogen (secondary N) is 1. The number of para-hydroxylation sites is 2. The molecule has 48 heavy (non-hydrogen) atoms. The molecule has 0 aliphatic rings. The largest absolute Gasteiger partial charge is 0.368 e. The number of nitrogens with zero attached hydrogens (tertiary/aromatic N) is 6. The van der Waals surface area contributed by atoms with E-state index in [2.05, 4.69) is 25.3 Å². The average Bonchev–Trinajstić information content (AvgIpc) is 3.10. The van der Waals surface area contributed by atoms with Gasteiger partial charge >= 0.3 is 0 Å². The maximum absolute atomic E-state index is 6.37. The normalized spacial score (nSPS) is 12.3. The molecule has 5 N–H and O–H groups in total. The van der Waals surface area contributed by atoms with Gasteiger partial charge in [-0.15, -0.1) is 0 Å². The van der Waals surface area contributed by atoms with Crippen molar-refractivity contribution in [1.82, 2.24) is 29.9 Å². The van der Waals surface area contributed by atoms with Crippen LogP contribution in [0.3, 0.4) is 0 Å². The molecule has 0 spiro atoms. The van der Waals surface area contributed by atoms with Crippen LogP contribution < -0.4 is 16.8 Å². The van der Waals surface area contributed by atoms with E-state index in [1.165, 1.54) is 6.20 Å². The SMILES string of the molecule is C[C@H](N)c1cc2cccc(Cl)c2nc1-c1ccccn1.C[C@H](Nc1nc(N)ncc1Cl)c1cc2cccc(Cl)c2nc1-c1ccccn1. The Balaban J connectivity index is 0.000000177. The Labute approximate surface area is 292 Å². The third-order valence-electron chi connectivity index (χ3n) is 7.54. The third-order valence-corrected chi connectivity index (χ3v) is 8.43. The molecule has 5 aromatic heterocycles. The van der Waals surface area contributed by atoms with Crippen molar-refractivity contribution in [2.24, 2.45) is 5.73 Å².